The summed E-state index contributed by atoms with van der Waals surface area (Å²) in [5.74, 6) is 0. The van der Waals surface area contributed by atoms with Crippen molar-refractivity contribution >= 4 is 33.3 Å². The van der Waals surface area contributed by atoms with E-state index >= 15 is 0 Å². The third-order valence-electron chi connectivity index (χ3n) is 3.98. The molecule has 7 nitrogen and oxygen atoms in total. The highest BCUT2D eigenvalue weighted by Gasteiger charge is 2.14. The summed E-state index contributed by atoms with van der Waals surface area (Å²) in [4.78, 5) is 16.0. The van der Waals surface area contributed by atoms with Gasteiger partial charge >= 0.3 is 6.03 Å². The lowest BCUT2D eigenvalue weighted by Gasteiger charge is -2.10. The number of benzene rings is 2. The van der Waals surface area contributed by atoms with Crippen LogP contribution in [0.3, 0.4) is 0 Å². The molecule has 1 heterocycles. The molecule has 2 amide bonds. The molecule has 29 heavy (non-hydrogen) atoms. The second kappa shape index (κ2) is 9.51. The van der Waals surface area contributed by atoms with E-state index in [0.717, 1.165) is 11.1 Å². The quantitative estimate of drug-likeness (QED) is 0.533. The summed E-state index contributed by atoms with van der Waals surface area (Å²) in [6.07, 6.45) is 3.29. The van der Waals surface area contributed by atoms with Gasteiger partial charge in [-0.1, -0.05) is 23.7 Å². The Morgan fingerprint density at radius 3 is 2.34 bits per heavy atom. The first-order valence-electron chi connectivity index (χ1n) is 8.70. The maximum atomic E-state index is 12.4. The Bertz CT molecular complexity index is 1070. The van der Waals surface area contributed by atoms with E-state index in [4.69, 9.17) is 11.6 Å². The Hall–Kier alpha value is -2.94. The van der Waals surface area contributed by atoms with E-state index in [2.05, 4.69) is 20.3 Å². The van der Waals surface area contributed by atoms with Crippen molar-refractivity contribution in [3.63, 3.8) is 0 Å². The van der Waals surface area contributed by atoms with Crippen molar-refractivity contribution in [2.75, 3.05) is 5.32 Å². The van der Waals surface area contributed by atoms with E-state index in [-0.39, 0.29) is 11.4 Å². The number of pyridine rings is 1. The molecule has 0 aliphatic rings. The summed E-state index contributed by atoms with van der Waals surface area (Å²) >= 11 is 5.91. The van der Waals surface area contributed by atoms with Crippen molar-refractivity contribution in [2.24, 2.45) is 0 Å². The molecule has 0 atom stereocenters. The Morgan fingerprint density at radius 1 is 0.931 bits per heavy atom. The zero-order valence-corrected chi connectivity index (χ0v) is 16.9. The first kappa shape index (κ1) is 20.8. The van der Waals surface area contributed by atoms with Crippen LogP contribution in [0.15, 0.2) is 78.0 Å². The van der Waals surface area contributed by atoms with Gasteiger partial charge in [-0.2, -0.15) is 0 Å². The molecule has 9 heteroatoms. The third kappa shape index (κ3) is 6.28. The van der Waals surface area contributed by atoms with Gasteiger partial charge in [-0.3, -0.25) is 4.98 Å². The number of nitrogens with one attached hydrogen (secondary N) is 3. The van der Waals surface area contributed by atoms with Crippen LogP contribution < -0.4 is 15.4 Å². The first-order chi connectivity index (χ1) is 13.9. The number of nitrogens with zero attached hydrogens (tertiary/aromatic N) is 1. The summed E-state index contributed by atoms with van der Waals surface area (Å²) < 4.78 is 27.4. The summed E-state index contributed by atoms with van der Waals surface area (Å²) in [5.41, 5.74) is 2.15. The molecule has 2 aromatic carbocycles. The Morgan fingerprint density at radius 2 is 1.66 bits per heavy atom. The maximum absolute atomic E-state index is 12.4. The number of halogens is 1. The molecule has 0 aliphatic carbocycles. The molecule has 0 bridgehead atoms. The van der Waals surface area contributed by atoms with Gasteiger partial charge in [-0.15, -0.1) is 0 Å². The zero-order valence-electron chi connectivity index (χ0n) is 15.3. The van der Waals surface area contributed by atoms with Gasteiger partial charge in [0.15, 0.2) is 0 Å². The molecule has 3 N–H and O–H groups in total. The minimum atomic E-state index is -3.69. The molecular weight excluding hydrogens is 412 g/mol. The van der Waals surface area contributed by atoms with Gasteiger partial charge in [-0.05, 0) is 59.7 Å². The van der Waals surface area contributed by atoms with Crippen LogP contribution in [-0.4, -0.2) is 19.4 Å². The highest BCUT2D eigenvalue weighted by molar-refractivity contribution is 7.89. The largest absolute Gasteiger partial charge is 0.334 e. The van der Waals surface area contributed by atoms with Crippen molar-refractivity contribution < 1.29 is 13.2 Å². The molecule has 0 radical (unpaired) electrons. The SMILES string of the molecule is O=C(NCc1ccncc1)Nc1ccc(S(=O)(=O)NCc2cccc(Cl)c2)cc1. The predicted octanol–water partition coefficient (Wildman–Crippen LogP) is 3.54. The predicted molar refractivity (Wildman–Crippen MR) is 112 cm³/mol. The average molecular weight is 431 g/mol. The molecule has 3 rings (SSSR count). The topological polar surface area (TPSA) is 100 Å². The van der Waals surface area contributed by atoms with Crippen LogP contribution in [0.5, 0.6) is 0 Å². The monoisotopic (exact) mass is 430 g/mol. The van der Waals surface area contributed by atoms with Gasteiger partial charge < -0.3 is 10.6 Å². The number of rotatable bonds is 7. The van der Waals surface area contributed by atoms with E-state index in [1.807, 2.05) is 0 Å². The summed E-state index contributed by atoms with van der Waals surface area (Å²) in [6, 6.07) is 16.1. The lowest BCUT2D eigenvalue weighted by Crippen LogP contribution is -2.28. The van der Waals surface area contributed by atoms with Crippen molar-refractivity contribution in [2.45, 2.75) is 18.0 Å². The lowest BCUT2D eigenvalue weighted by molar-refractivity contribution is 0.251. The summed E-state index contributed by atoms with van der Waals surface area (Å²) in [6.45, 7) is 0.481. The highest BCUT2D eigenvalue weighted by Crippen LogP contribution is 2.15. The van der Waals surface area contributed by atoms with Gasteiger partial charge in [0.1, 0.15) is 0 Å². The molecule has 0 unspecified atom stereocenters. The van der Waals surface area contributed by atoms with E-state index in [1.165, 1.54) is 24.3 Å². The average Bonchev–Trinajstić information content (AvgIpc) is 2.72. The number of carbonyl (C=O) groups is 1. The molecule has 0 saturated carbocycles. The molecule has 0 spiro atoms. The van der Waals surface area contributed by atoms with Crippen LogP contribution >= 0.6 is 11.6 Å². The van der Waals surface area contributed by atoms with Gasteiger partial charge in [0, 0.05) is 36.2 Å². The van der Waals surface area contributed by atoms with Crippen LogP contribution in [0.4, 0.5) is 10.5 Å². The van der Waals surface area contributed by atoms with E-state index < -0.39 is 16.1 Å². The maximum Gasteiger partial charge on any atom is 0.319 e. The van der Waals surface area contributed by atoms with Crippen LogP contribution in [0.25, 0.3) is 0 Å². The fourth-order valence-electron chi connectivity index (χ4n) is 2.48. The summed E-state index contributed by atoms with van der Waals surface area (Å²) in [7, 11) is -3.69. The third-order valence-corrected chi connectivity index (χ3v) is 5.63. The number of amides is 2. The van der Waals surface area contributed by atoms with Crippen LogP contribution in [0.2, 0.25) is 5.02 Å². The fourth-order valence-corrected chi connectivity index (χ4v) is 3.71. The van der Waals surface area contributed by atoms with Crippen LogP contribution in [0.1, 0.15) is 11.1 Å². The molecule has 0 saturated heterocycles. The van der Waals surface area contributed by atoms with Crippen molar-refractivity contribution in [3.05, 3.63) is 89.2 Å². The number of hydrogen-bond acceptors (Lipinski definition) is 4. The number of sulfonamides is 1. The van der Waals surface area contributed by atoms with Crippen molar-refractivity contribution in [3.8, 4) is 0 Å². The molecule has 0 aliphatic heterocycles. The van der Waals surface area contributed by atoms with Gasteiger partial charge in [0.25, 0.3) is 0 Å². The number of anilines is 1. The number of aromatic nitrogens is 1. The Kier molecular flexibility index (Phi) is 6.82. The van der Waals surface area contributed by atoms with E-state index in [9.17, 15) is 13.2 Å². The van der Waals surface area contributed by atoms with E-state index in [1.54, 1.807) is 48.8 Å². The smallest absolute Gasteiger partial charge is 0.319 e. The Balaban J connectivity index is 1.55. The van der Waals surface area contributed by atoms with Gasteiger partial charge in [-0.25, -0.2) is 17.9 Å². The molecule has 1 aromatic heterocycles. The minimum absolute atomic E-state index is 0.0993. The lowest BCUT2D eigenvalue weighted by atomic mass is 10.2. The van der Waals surface area contributed by atoms with Gasteiger partial charge in [0.2, 0.25) is 10.0 Å². The minimum Gasteiger partial charge on any atom is -0.334 e. The number of urea groups is 1. The molecule has 3 aromatic rings. The number of hydrogen-bond donors (Lipinski definition) is 3. The van der Waals surface area contributed by atoms with Crippen molar-refractivity contribution in [1.29, 1.82) is 0 Å². The highest BCUT2D eigenvalue weighted by atomic mass is 35.5. The second-order valence-corrected chi connectivity index (χ2v) is 8.35. The Labute approximate surface area is 174 Å². The molecular formula is C20H19ClN4O3S. The normalized spacial score (nSPS) is 11.1. The van der Waals surface area contributed by atoms with Crippen LogP contribution in [0, 0.1) is 0 Å². The zero-order chi connectivity index (χ0) is 20.7. The summed E-state index contributed by atoms with van der Waals surface area (Å²) in [5, 5.41) is 5.92. The van der Waals surface area contributed by atoms with Gasteiger partial charge in [0.05, 0.1) is 4.90 Å². The second-order valence-electron chi connectivity index (χ2n) is 6.14. The van der Waals surface area contributed by atoms with Crippen molar-refractivity contribution in [1.82, 2.24) is 15.0 Å². The number of carbonyl (C=O) groups excluding carboxylic acids is 1. The first-order valence-corrected chi connectivity index (χ1v) is 10.6. The molecule has 0 fully saturated rings. The molecule has 150 valence electrons. The van der Waals surface area contributed by atoms with E-state index in [0.29, 0.717) is 17.3 Å². The van der Waals surface area contributed by atoms with Crippen LogP contribution in [-0.2, 0) is 23.1 Å². The fraction of sp³-hybridized carbons (Fsp3) is 0.100. The standard InChI is InChI=1S/C20H19ClN4O3S/c21-17-3-1-2-16(12-17)14-24-29(27,28)19-6-4-18(5-7-19)25-20(26)23-13-15-8-10-22-11-9-15/h1-12,24H,13-14H2,(H2,23,25,26).